The van der Waals surface area contributed by atoms with Crippen LogP contribution in [-0.4, -0.2) is 17.6 Å². The van der Waals surface area contributed by atoms with Gasteiger partial charge >= 0.3 is 5.97 Å². The van der Waals surface area contributed by atoms with Gasteiger partial charge in [-0.3, -0.25) is 9.59 Å². The Bertz CT molecular complexity index is 1020. The molecule has 7 heteroatoms. The van der Waals surface area contributed by atoms with Crippen molar-refractivity contribution in [1.82, 2.24) is 4.98 Å². The molecular weight excluding hydrogens is 389 g/mol. The SMILES string of the molecule is O=C(CCCOc1cccc(Cl)c1Cl)OCc1cc2ccccc2[nH]c1=O. The second kappa shape index (κ2) is 8.93. The van der Waals surface area contributed by atoms with Gasteiger partial charge in [-0.15, -0.1) is 0 Å². The van der Waals surface area contributed by atoms with Crippen molar-refractivity contribution in [3.8, 4) is 5.75 Å². The Morgan fingerprint density at radius 3 is 2.74 bits per heavy atom. The Labute approximate surface area is 165 Å². The maximum Gasteiger partial charge on any atom is 0.306 e. The second-order valence-corrected chi connectivity index (χ2v) is 6.66. The number of carbonyl (C=O) groups excluding carboxylic acids is 1. The van der Waals surface area contributed by atoms with E-state index < -0.39 is 5.97 Å². The summed E-state index contributed by atoms with van der Waals surface area (Å²) < 4.78 is 10.7. The van der Waals surface area contributed by atoms with Crippen LogP contribution in [0.5, 0.6) is 5.75 Å². The Hall–Kier alpha value is -2.50. The van der Waals surface area contributed by atoms with E-state index in [0.717, 1.165) is 10.9 Å². The molecule has 1 aromatic heterocycles. The summed E-state index contributed by atoms with van der Waals surface area (Å²) in [6.45, 7) is 0.228. The van der Waals surface area contributed by atoms with Gasteiger partial charge in [-0.25, -0.2) is 0 Å². The summed E-state index contributed by atoms with van der Waals surface area (Å²) in [5.41, 5.74) is 0.888. The average Bonchev–Trinajstić information content (AvgIpc) is 2.66. The molecule has 1 heterocycles. The summed E-state index contributed by atoms with van der Waals surface area (Å²) in [6, 6.07) is 14.3. The molecule has 3 rings (SSSR count). The summed E-state index contributed by atoms with van der Waals surface area (Å²) >= 11 is 11.9. The van der Waals surface area contributed by atoms with Gasteiger partial charge in [0.2, 0.25) is 0 Å². The predicted octanol–water partition coefficient (Wildman–Crippen LogP) is 4.74. The van der Waals surface area contributed by atoms with Gasteiger partial charge in [0.15, 0.2) is 0 Å². The lowest BCUT2D eigenvalue weighted by atomic mass is 10.1. The standard InChI is InChI=1S/C20H17Cl2NO4/c21-15-6-3-8-17(19(15)22)26-10-4-9-18(24)27-12-14-11-13-5-1-2-7-16(13)23-20(14)25/h1-3,5-8,11H,4,9-10,12H2,(H,23,25). The van der Waals surface area contributed by atoms with E-state index in [9.17, 15) is 9.59 Å². The molecule has 0 atom stereocenters. The highest BCUT2D eigenvalue weighted by Gasteiger charge is 2.09. The van der Waals surface area contributed by atoms with Gasteiger partial charge in [-0.1, -0.05) is 47.5 Å². The molecule has 0 amide bonds. The highest BCUT2D eigenvalue weighted by molar-refractivity contribution is 6.42. The van der Waals surface area contributed by atoms with Gasteiger partial charge in [-0.05, 0) is 36.1 Å². The number of benzene rings is 2. The minimum Gasteiger partial charge on any atom is -0.492 e. The number of esters is 1. The van der Waals surface area contributed by atoms with Crippen LogP contribution in [0.4, 0.5) is 0 Å². The molecule has 5 nitrogen and oxygen atoms in total. The van der Waals surface area contributed by atoms with E-state index in [2.05, 4.69) is 4.98 Å². The fraction of sp³-hybridized carbons (Fsp3) is 0.200. The number of H-pyrrole nitrogens is 1. The van der Waals surface area contributed by atoms with Gasteiger partial charge in [0, 0.05) is 11.9 Å². The number of ether oxygens (including phenoxy) is 2. The first-order chi connectivity index (χ1) is 13.0. The zero-order valence-electron chi connectivity index (χ0n) is 14.3. The molecule has 0 saturated carbocycles. The molecule has 0 saturated heterocycles. The van der Waals surface area contributed by atoms with E-state index in [4.69, 9.17) is 32.7 Å². The van der Waals surface area contributed by atoms with Crippen molar-refractivity contribution in [3.63, 3.8) is 0 Å². The minimum atomic E-state index is -0.400. The van der Waals surface area contributed by atoms with Crippen LogP contribution in [0.2, 0.25) is 10.0 Å². The third-order valence-corrected chi connectivity index (χ3v) is 4.72. The minimum absolute atomic E-state index is 0.0695. The smallest absolute Gasteiger partial charge is 0.306 e. The van der Waals surface area contributed by atoms with Crippen molar-refractivity contribution < 1.29 is 14.3 Å². The summed E-state index contributed by atoms with van der Waals surface area (Å²) in [6.07, 6.45) is 0.624. The van der Waals surface area contributed by atoms with Gasteiger partial charge in [0.25, 0.3) is 5.56 Å². The largest absolute Gasteiger partial charge is 0.492 e. The monoisotopic (exact) mass is 405 g/mol. The number of pyridine rings is 1. The number of fused-ring (bicyclic) bond motifs is 1. The first-order valence-electron chi connectivity index (χ1n) is 8.38. The fourth-order valence-electron chi connectivity index (χ4n) is 2.52. The molecule has 140 valence electrons. The third kappa shape index (κ3) is 5.02. The molecule has 0 fully saturated rings. The van der Waals surface area contributed by atoms with E-state index in [1.165, 1.54) is 0 Å². The first-order valence-corrected chi connectivity index (χ1v) is 9.13. The van der Waals surface area contributed by atoms with Crippen LogP contribution in [-0.2, 0) is 16.1 Å². The summed E-state index contributed by atoms with van der Waals surface area (Å²) in [5.74, 6) is 0.0728. The molecule has 0 aliphatic rings. The lowest BCUT2D eigenvalue weighted by Gasteiger charge is -2.09. The van der Waals surface area contributed by atoms with Crippen LogP contribution in [0.15, 0.2) is 53.3 Å². The van der Waals surface area contributed by atoms with E-state index in [1.54, 1.807) is 24.3 Å². The zero-order chi connectivity index (χ0) is 19.2. The molecule has 0 unspecified atom stereocenters. The van der Waals surface area contributed by atoms with Crippen LogP contribution in [0.25, 0.3) is 10.9 Å². The van der Waals surface area contributed by atoms with Gasteiger partial charge in [0.05, 0.1) is 17.2 Å². The number of carbonyl (C=O) groups is 1. The molecular formula is C20H17Cl2NO4. The highest BCUT2D eigenvalue weighted by atomic mass is 35.5. The fourth-order valence-corrected chi connectivity index (χ4v) is 2.87. The molecule has 2 aromatic carbocycles. The zero-order valence-corrected chi connectivity index (χ0v) is 15.8. The topological polar surface area (TPSA) is 68.4 Å². The van der Waals surface area contributed by atoms with Crippen molar-refractivity contribution >= 4 is 40.1 Å². The number of para-hydroxylation sites is 1. The molecule has 1 N–H and O–H groups in total. The molecule has 27 heavy (non-hydrogen) atoms. The highest BCUT2D eigenvalue weighted by Crippen LogP contribution is 2.31. The van der Waals surface area contributed by atoms with Crippen LogP contribution >= 0.6 is 23.2 Å². The van der Waals surface area contributed by atoms with Crippen molar-refractivity contribution in [2.75, 3.05) is 6.61 Å². The molecule has 0 spiro atoms. The van der Waals surface area contributed by atoms with Crippen molar-refractivity contribution in [2.45, 2.75) is 19.4 Å². The number of halogens is 2. The summed E-state index contributed by atoms with van der Waals surface area (Å²) in [5, 5.41) is 1.64. The number of aromatic nitrogens is 1. The molecule has 0 aliphatic heterocycles. The average molecular weight is 406 g/mol. The Morgan fingerprint density at radius 2 is 1.89 bits per heavy atom. The lowest BCUT2D eigenvalue weighted by molar-refractivity contribution is -0.145. The number of aromatic amines is 1. The van der Waals surface area contributed by atoms with Crippen LogP contribution in [0, 0.1) is 0 Å². The molecule has 0 bridgehead atoms. The second-order valence-electron chi connectivity index (χ2n) is 5.88. The van der Waals surface area contributed by atoms with E-state index >= 15 is 0 Å². The normalized spacial score (nSPS) is 10.7. The van der Waals surface area contributed by atoms with Crippen LogP contribution in [0.3, 0.4) is 0 Å². The Balaban J connectivity index is 1.47. The number of hydrogen-bond acceptors (Lipinski definition) is 4. The van der Waals surface area contributed by atoms with E-state index in [1.807, 2.05) is 24.3 Å². The van der Waals surface area contributed by atoms with Crippen molar-refractivity contribution in [1.29, 1.82) is 0 Å². The van der Waals surface area contributed by atoms with Crippen molar-refractivity contribution in [3.05, 3.63) is 74.5 Å². The molecule has 0 radical (unpaired) electrons. The Morgan fingerprint density at radius 1 is 1.07 bits per heavy atom. The Kier molecular flexibility index (Phi) is 6.37. The summed E-state index contributed by atoms with van der Waals surface area (Å²) in [4.78, 5) is 26.7. The first kappa shape index (κ1) is 19.3. The van der Waals surface area contributed by atoms with Gasteiger partial charge in [-0.2, -0.15) is 0 Å². The predicted molar refractivity (Wildman–Crippen MR) is 106 cm³/mol. The van der Waals surface area contributed by atoms with E-state index in [-0.39, 0.29) is 18.6 Å². The van der Waals surface area contributed by atoms with Crippen molar-refractivity contribution in [2.24, 2.45) is 0 Å². The number of hydrogen-bond donors (Lipinski definition) is 1. The lowest BCUT2D eigenvalue weighted by Crippen LogP contribution is -2.15. The third-order valence-electron chi connectivity index (χ3n) is 3.92. The maximum absolute atomic E-state index is 12.0. The number of nitrogens with one attached hydrogen (secondary N) is 1. The van der Waals surface area contributed by atoms with Gasteiger partial charge < -0.3 is 14.5 Å². The summed E-state index contributed by atoms with van der Waals surface area (Å²) in [7, 11) is 0. The van der Waals surface area contributed by atoms with E-state index in [0.29, 0.717) is 34.4 Å². The molecule has 3 aromatic rings. The van der Waals surface area contributed by atoms with Gasteiger partial charge in [0.1, 0.15) is 17.4 Å². The number of rotatable bonds is 7. The van der Waals surface area contributed by atoms with Crippen LogP contribution in [0.1, 0.15) is 18.4 Å². The quantitative estimate of drug-likeness (QED) is 0.455. The van der Waals surface area contributed by atoms with Crippen LogP contribution < -0.4 is 10.3 Å². The maximum atomic E-state index is 12.0. The molecule has 0 aliphatic carbocycles.